The van der Waals surface area contributed by atoms with E-state index in [4.69, 9.17) is 5.73 Å². The number of aliphatic carboxylic acids is 1. The normalized spacial score (nSPS) is 17.4. The van der Waals surface area contributed by atoms with Gasteiger partial charge in [-0.2, -0.15) is 0 Å². The number of hydrogen-bond donors (Lipinski definition) is 2. The van der Waals surface area contributed by atoms with Gasteiger partial charge in [-0.1, -0.05) is 12.6 Å². The molecule has 142 valence electrons. The summed E-state index contributed by atoms with van der Waals surface area (Å²) >= 11 is 0. The highest BCUT2D eigenvalue weighted by Crippen LogP contribution is 2.20. The number of piperazine rings is 1. The zero-order valence-corrected chi connectivity index (χ0v) is 14.4. The first kappa shape index (κ1) is 19.6. The Morgan fingerprint density at radius 3 is 2.78 bits per heavy atom. The standard InChI is InChI=1S/C17H19N5O5/c1-12(19-7-3-6-18)20-8-9-21(15(11-20)17(24)25)16(23)13-4-2-5-14(10-13)22(26)27/h2-7,10,15H,1,8-9,11,18H2,(H,24,25)/b6-3-,19-7?. The van der Waals surface area contributed by atoms with E-state index in [1.54, 1.807) is 4.90 Å². The van der Waals surface area contributed by atoms with Crippen LogP contribution in [-0.4, -0.2) is 63.6 Å². The van der Waals surface area contributed by atoms with Crippen molar-refractivity contribution in [1.82, 2.24) is 9.80 Å². The lowest BCUT2D eigenvalue weighted by molar-refractivity contribution is -0.384. The third-order valence-electron chi connectivity index (χ3n) is 4.02. The second-order valence-corrected chi connectivity index (χ2v) is 5.69. The van der Waals surface area contributed by atoms with Crippen molar-refractivity contribution >= 4 is 23.8 Å². The van der Waals surface area contributed by atoms with E-state index in [9.17, 15) is 24.8 Å². The third kappa shape index (κ3) is 4.69. The van der Waals surface area contributed by atoms with Crippen molar-refractivity contribution in [3.8, 4) is 0 Å². The van der Waals surface area contributed by atoms with Gasteiger partial charge in [-0.3, -0.25) is 14.9 Å². The van der Waals surface area contributed by atoms with Crippen LogP contribution in [0.3, 0.4) is 0 Å². The molecular formula is C17H19N5O5. The summed E-state index contributed by atoms with van der Waals surface area (Å²) in [6, 6.07) is 4.07. The molecule has 0 aliphatic carbocycles. The fraction of sp³-hybridized carbons (Fsp3) is 0.235. The lowest BCUT2D eigenvalue weighted by Crippen LogP contribution is -2.57. The van der Waals surface area contributed by atoms with Crippen LogP contribution in [0.4, 0.5) is 5.69 Å². The largest absolute Gasteiger partial charge is 0.480 e. The molecule has 3 N–H and O–H groups in total. The molecule has 10 heteroatoms. The molecule has 1 heterocycles. The summed E-state index contributed by atoms with van der Waals surface area (Å²) in [7, 11) is 0. The number of nitrogens with two attached hydrogens (primary N) is 1. The van der Waals surface area contributed by atoms with Gasteiger partial charge in [0.05, 0.1) is 11.5 Å². The first-order valence-corrected chi connectivity index (χ1v) is 7.98. The van der Waals surface area contributed by atoms with Gasteiger partial charge in [0.15, 0.2) is 0 Å². The molecule has 1 unspecified atom stereocenters. The summed E-state index contributed by atoms with van der Waals surface area (Å²) in [6.07, 6.45) is 4.23. The maximum Gasteiger partial charge on any atom is 0.328 e. The molecule has 1 atom stereocenters. The average molecular weight is 373 g/mol. The second-order valence-electron chi connectivity index (χ2n) is 5.69. The average Bonchev–Trinajstić information content (AvgIpc) is 2.67. The molecule has 1 aromatic carbocycles. The van der Waals surface area contributed by atoms with Gasteiger partial charge >= 0.3 is 5.97 Å². The number of benzene rings is 1. The number of allylic oxidation sites excluding steroid dienone is 1. The number of carboxylic acids is 1. The van der Waals surface area contributed by atoms with E-state index in [0.717, 1.165) is 6.07 Å². The number of aliphatic imine (C=N–C) groups is 1. The van der Waals surface area contributed by atoms with Gasteiger partial charge in [-0.05, 0) is 18.3 Å². The quantitative estimate of drug-likeness (QED) is 0.427. The molecule has 1 aliphatic heterocycles. The Kier molecular flexibility index (Phi) is 6.26. The maximum absolute atomic E-state index is 12.7. The van der Waals surface area contributed by atoms with E-state index in [0.29, 0.717) is 12.4 Å². The highest BCUT2D eigenvalue weighted by molar-refractivity contribution is 5.97. The summed E-state index contributed by atoms with van der Waals surface area (Å²) < 4.78 is 0. The van der Waals surface area contributed by atoms with Crippen LogP contribution in [0.1, 0.15) is 10.4 Å². The van der Waals surface area contributed by atoms with E-state index in [2.05, 4.69) is 11.6 Å². The fourth-order valence-electron chi connectivity index (χ4n) is 2.65. The van der Waals surface area contributed by atoms with Gasteiger partial charge < -0.3 is 20.6 Å². The molecule has 1 aromatic rings. The first-order chi connectivity index (χ1) is 12.8. The smallest absolute Gasteiger partial charge is 0.328 e. The second kappa shape index (κ2) is 8.61. The van der Waals surface area contributed by atoms with Gasteiger partial charge in [0, 0.05) is 37.0 Å². The summed E-state index contributed by atoms with van der Waals surface area (Å²) in [4.78, 5) is 41.6. The minimum atomic E-state index is -1.18. The Bertz CT molecular complexity index is 820. The van der Waals surface area contributed by atoms with Crippen LogP contribution in [-0.2, 0) is 4.79 Å². The fourth-order valence-corrected chi connectivity index (χ4v) is 2.65. The highest BCUT2D eigenvalue weighted by Gasteiger charge is 2.36. The topological polar surface area (TPSA) is 142 Å². The van der Waals surface area contributed by atoms with E-state index >= 15 is 0 Å². The molecule has 10 nitrogen and oxygen atoms in total. The highest BCUT2D eigenvalue weighted by atomic mass is 16.6. The summed E-state index contributed by atoms with van der Waals surface area (Å²) in [5.41, 5.74) is 5.04. The van der Waals surface area contributed by atoms with Crippen molar-refractivity contribution in [2.75, 3.05) is 19.6 Å². The predicted octanol–water partition coefficient (Wildman–Crippen LogP) is 0.820. The summed E-state index contributed by atoms with van der Waals surface area (Å²) in [5, 5.41) is 20.4. The lowest BCUT2D eigenvalue weighted by atomic mass is 10.1. The van der Waals surface area contributed by atoms with E-state index in [-0.39, 0.29) is 24.3 Å². The number of amides is 1. The molecule has 27 heavy (non-hydrogen) atoms. The molecule has 1 fully saturated rings. The number of carboxylic acid groups (broad SMARTS) is 1. The van der Waals surface area contributed by atoms with Crippen LogP contribution in [0.2, 0.25) is 0 Å². The van der Waals surface area contributed by atoms with E-state index in [1.807, 2.05) is 0 Å². The first-order valence-electron chi connectivity index (χ1n) is 7.98. The van der Waals surface area contributed by atoms with Gasteiger partial charge in [0.2, 0.25) is 0 Å². The number of nitrogens with zero attached hydrogens (tertiary/aromatic N) is 4. The number of hydrogen-bond acceptors (Lipinski definition) is 7. The van der Waals surface area contributed by atoms with Crippen LogP contribution in [0.5, 0.6) is 0 Å². The number of non-ortho nitro benzene ring substituents is 1. The Morgan fingerprint density at radius 1 is 1.41 bits per heavy atom. The van der Waals surface area contributed by atoms with Crippen molar-refractivity contribution < 1.29 is 19.6 Å². The van der Waals surface area contributed by atoms with E-state index < -0.39 is 22.8 Å². The number of carbonyl (C=O) groups excluding carboxylic acids is 1. The van der Waals surface area contributed by atoms with Crippen molar-refractivity contribution in [1.29, 1.82) is 0 Å². The van der Waals surface area contributed by atoms with Gasteiger partial charge in [-0.25, -0.2) is 9.79 Å². The molecule has 1 amide bonds. The van der Waals surface area contributed by atoms with Crippen molar-refractivity contribution in [2.45, 2.75) is 6.04 Å². The number of carbonyl (C=O) groups is 2. The monoisotopic (exact) mass is 373 g/mol. The molecule has 0 radical (unpaired) electrons. The van der Waals surface area contributed by atoms with E-state index in [1.165, 1.54) is 41.6 Å². The summed E-state index contributed by atoms with van der Waals surface area (Å²) in [5.74, 6) is -1.41. The molecule has 0 saturated carbocycles. The van der Waals surface area contributed by atoms with Crippen LogP contribution in [0.25, 0.3) is 0 Å². The molecule has 0 spiro atoms. The molecule has 1 aliphatic rings. The minimum Gasteiger partial charge on any atom is -0.480 e. The Morgan fingerprint density at radius 2 is 2.15 bits per heavy atom. The number of nitro benzene ring substituents is 1. The summed E-state index contributed by atoms with van der Waals surface area (Å²) in [6.45, 7) is 4.22. The Labute approximate surface area is 155 Å². The van der Waals surface area contributed by atoms with Crippen molar-refractivity contribution in [3.63, 3.8) is 0 Å². The zero-order chi connectivity index (χ0) is 20.0. The van der Waals surface area contributed by atoms with Crippen LogP contribution < -0.4 is 5.73 Å². The minimum absolute atomic E-state index is 0.00148. The molecule has 0 aromatic heterocycles. The molecular weight excluding hydrogens is 354 g/mol. The molecule has 1 saturated heterocycles. The lowest BCUT2D eigenvalue weighted by Gasteiger charge is -2.40. The maximum atomic E-state index is 12.7. The molecule has 0 bridgehead atoms. The van der Waals surface area contributed by atoms with Crippen LogP contribution in [0, 0.1) is 10.1 Å². The van der Waals surface area contributed by atoms with Crippen LogP contribution >= 0.6 is 0 Å². The number of rotatable bonds is 6. The van der Waals surface area contributed by atoms with Gasteiger partial charge in [0.25, 0.3) is 11.6 Å². The zero-order valence-electron chi connectivity index (χ0n) is 14.4. The third-order valence-corrected chi connectivity index (χ3v) is 4.02. The Balaban J connectivity index is 2.19. The molecule has 2 rings (SSSR count). The van der Waals surface area contributed by atoms with Crippen molar-refractivity contribution in [3.05, 3.63) is 64.6 Å². The SMILES string of the molecule is C=C(N=C/C=C\N)N1CCN(C(=O)c2cccc([N+](=O)[O-])c2)C(C(=O)O)C1. The van der Waals surface area contributed by atoms with Gasteiger partial charge in [0.1, 0.15) is 11.9 Å². The Hall–Kier alpha value is -3.69. The van der Waals surface area contributed by atoms with Gasteiger partial charge in [-0.15, -0.1) is 0 Å². The predicted molar refractivity (Wildman–Crippen MR) is 98.1 cm³/mol. The number of nitro groups is 1. The van der Waals surface area contributed by atoms with Crippen molar-refractivity contribution in [2.24, 2.45) is 10.7 Å². The van der Waals surface area contributed by atoms with Crippen LogP contribution in [0.15, 0.2) is 53.9 Å².